The maximum Gasteiger partial charge on any atom is 0.330 e. The van der Waals surface area contributed by atoms with Crippen molar-refractivity contribution in [3.8, 4) is 0 Å². The fraction of sp³-hybridized carbons (Fsp3) is 0.667. The van der Waals surface area contributed by atoms with Crippen LogP contribution in [-0.4, -0.2) is 24.6 Å². The zero-order valence-corrected chi connectivity index (χ0v) is 13.9. The van der Waals surface area contributed by atoms with Crippen LogP contribution in [-0.2, 0) is 19.1 Å². The van der Waals surface area contributed by atoms with Gasteiger partial charge in [0.1, 0.15) is 6.10 Å². The van der Waals surface area contributed by atoms with Crippen molar-refractivity contribution in [2.75, 3.05) is 6.61 Å². The Hall–Kier alpha value is -1.58. The zero-order chi connectivity index (χ0) is 16.6. The number of carbonyl (C=O) groups is 2. The Balaban J connectivity index is 3.85. The SMILES string of the molecule is C=CC(=O)OCCCCCC(CCCCCC)OC(=O)C=C. The highest BCUT2D eigenvalue weighted by atomic mass is 16.5. The van der Waals surface area contributed by atoms with Gasteiger partial charge in [-0.25, -0.2) is 9.59 Å². The van der Waals surface area contributed by atoms with Crippen molar-refractivity contribution >= 4 is 11.9 Å². The first-order valence-corrected chi connectivity index (χ1v) is 8.26. The monoisotopic (exact) mass is 310 g/mol. The molecule has 0 fully saturated rings. The summed E-state index contributed by atoms with van der Waals surface area (Å²) in [6.45, 7) is 9.37. The second-order valence-electron chi connectivity index (χ2n) is 5.33. The average Bonchev–Trinajstić information content (AvgIpc) is 2.53. The van der Waals surface area contributed by atoms with E-state index in [0.717, 1.165) is 38.5 Å². The largest absolute Gasteiger partial charge is 0.463 e. The predicted octanol–water partition coefficient (Wildman–Crippen LogP) is 4.34. The first kappa shape index (κ1) is 20.4. The lowest BCUT2D eigenvalue weighted by atomic mass is 10.0. The minimum Gasteiger partial charge on any atom is -0.463 e. The number of rotatable bonds is 14. The van der Waals surface area contributed by atoms with E-state index in [2.05, 4.69) is 20.1 Å². The molecule has 4 nitrogen and oxygen atoms in total. The number of carbonyl (C=O) groups excluding carboxylic acids is 2. The van der Waals surface area contributed by atoms with Gasteiger partial charge in [-0.2, -0.15) is 0 Å². The van der Waals surface area contributed by atoms with Crippen molar-refractivity contribution in [3.05, 3.63) is 25.3 Å². The van der Waals surface area contributed by atoms with Gasteiger partial charge in [0.15, 0.2) is 0 Å². The van der Waals surface area contributed by atoms with Crippen molar-refractivity contribution in [2.24, 2.45) is 0 Å². The standard InChI is InChI=1S/C18H30O4/c1-4-7-8-10-13-16(22-18(20)6-3)14-11-9-12-15-21-17(19)5-2/h5-6,16H,2-4,7-15H2,1H3. The van der Waals surface area contributed by atoms with Gasteiger partial charge >= 0.3 is 11.9 Å². The molecule has 1 unspecified atom stereocenters. The van der Waals surface area contributed by atoms with E-state index in [-0.39, 0.29) is 18.0 Å². The van der Waals surface area contributed by atoms with Crippen LogP contribution in [0, 0.1) is 0 Å². The van der Waals surface area contributed by atoms with Gasteiger partial charge in [-0.3, -0.25) is 0 Å². The van der Waals surface area contributed by atoms with Crippen LogP contribution >= 0.6 is 0 Å². The average molecular weight is 310 g/mol. The van der Waals surface area contributed by atoms with Crippen LogP contribution in [0.25, 0.3) is 0 Å². The number of hydrogen-bond donors (Lipinski definition) is 0. The van der Waals surface area contributed by atoms with Crippen molar-refractivity contribution in [2.45, 2.75) is 70.8 Å². The third-order valence-electron chi connectivity index (χ3n) is 3.41. The van der Waals surface area contributed by atoms with Gasteiger partial charge in [0.2, 0.25) is 0 Å². The second kappa shape index (κ2) is 14.4. The Bertz CT molecular complexity index is 336. The Kier molecular flexibility index (Phi) is 13.3. The second-order valence-corrected chi connectivity index (χ2v) is 5.33. The maximum absolute atomic E-state index is 11.3. The summed E-state index contributed by atoms with van der Waals surface area (Å²) < 4.78 is 10.3. The molecule has 0 saturated carbocycles. The number of unbranched alkanes of at least 4 members (excludes halogenated alkanes) is 5. The van der Waals surface area contributed by atoms with Gasteiger partial charge in [-0.05, 0) is 38.5 Å². The normalized spacial score (nSPS) is 11.5. The third-order valence-corrected chi connectivity index (χ3v) is 3.41. The number of esters is 2. The molecule has 0 N–H and O–H groups in total. The minimum absolute atomic E-state index is 0.0296. The Morgan fingerprint density at radius 2 is 1.50 bits per heavy atom. The lowest BCUT2D eigenvalue weighted by Gasteiger charge is -2.17. The van der Waals surface area contributed by atoms with E-state index in [4.69, 9.17) is 9.47 Å². The van der Waals surface area contributed by atoms with E-state index in [1.807, 2.05) is 0 Å². The van der Waals surface area contributed by atoms with E-state index in [0.29, 0.717) is 6.61 Å². The van der Waals surface area contributed by atoms with Gasteiger partial charge < -0.3 is 9.47 Å². The van der Waals surface area contributed by atoms with E-state index in [9.17, 15) is 9.59 Å². The number of hydrogen-bond acceptors (Lipinski definition) is 4. The molecular weight excluding hydrogens is 280 g/mol. The topological polar surface area (TPSA) is 52.6 Å². The molecule has 0 spiro atoms. The van der Waals surface area contributed by atoms with Crippen LogP contribution in [0.5, 0.6) is 0 Å². The summed E-state index contributed by atoms with van der Waals surface area (Å²) in [6.07, 6.45) is 11.5. The van der Waals surface area contributed by atoms with Crippen LogP contribution in [0.4, 0.5) is 0 Å². The molecule has 0 radical (unpaired) electrons. The molecule has 0 heterocycles. The summed E-state index contributed by atoms with van der Waals surface area (Å²) in [6, 6.07) is 0. The molecule has 0 aliphatic rings. The van der Waals surface area contributed by atoms with E-state index in [1.54, 1.807) is 0 Å². The molecule has 0 aromatic rings. The predicted molar refractivity (Wildman–Crippen MR) is 88.5 cm³/mol. The fourth-order valence-corrected chi connectivity index (χ4v) is 2.16. The fourth-order valence-electron chi connectivity index (χ4n) is 2.16. The highest BCUT2D eigenvalue weighted by Gasteiger charge is 2.12. The molecule has 0 amide bonds. The van der Waals surface area contributed by atoms with E-state index in [1.165, 1.54) is 31.4 Å². The van der Waals surface area contributed by atoms with Gasteiger partial charge in [0.05, 0.1) is 6.61 Å². The van der Waals surface area contributed by atoms with Gasteiger partial charge in [-0.1, -0.05) is 39.3 Å². The summed E-state index contributed by atoms with van der Waals surface area (Å²) in [5.74, 6) is -0.728. The van der Waals surface area contributed by atoms with Crippen LogP contribution < -0.4 is 0 Å². The Morgan fingerprint density at radius 3 is 2.05 bits per heavy atom. The van der Waals surface area contributed by atoms with Gasteiger partial charge in [-0.15, -0.1) is 0 Å². The van der Waals surface area contributed by atoms with Gasteiger partial charge in [0.25, 0.3) is 0 Å². The lowest BCUT2D eigenvalue weighted by Crippen LogP contribution is -2.17. The lowest BCUT2D eigenvalue weighted by molar-refractivity contribution is -0.144. The molecular formula is C18H30O4. The van der Waals surface area contributed by atoms with Crippen LogP contribution in [0.15, 0.2) is 25.3 Å². The molecule has 0 saturated heterocycles. The zero-order valence-electron chi connectivity index (χ0n) is 13.9. The van der Waals surface area contributed by atoms with Crippen molar-refractivity contribution in [1.82, 2.24) is 0 Å². The summed E-state index contributed by atoms with van der Waals surface area (Å²) in [5.41, 5.74) is 0. The van der Waals surface area contributed by atoms with Crippen molar-refractivity contribution in [3.63, 3.8) is 0 Å². The highest BCUT2D eigenvalue weighted by molar-refractivity contribution is 5.81. The summed E-state index contributed by atoms with van der Waals surface area (Å²) in [7, 11) is 0. The molecule has 4 heteroatoms. The smallest absolute Gasteiger partial charge is 0.330 e. The quantitative estimate of drug-likeness (QED) is 0.272. The molecule has 126 valence electrons. The third kappa shape index (κ3) is 12.2. The van der Waals surface area contributed by atoms with Crippen LogP contribution in [0.2, 0.25) is 0 Å². The molecule has 0 bridgehead atoms. The number of ether oxygens (including phenoxy) is 2. The Labute approximate surface area is 134 Å². The molecule has 22 heavy (non-hydrogen) atoms. The molecule has 1 atom stereocenters. The summed E-state index contributed by atoms with van der Waals surface area (Å²) in [5, 5.41) is 0. The molecule has 0 aliphatic carbocycles. The summed E-state index contributed by atoms with van der Waals surface area (Å²) in [4.78, 5) is 22.2. The molecule has 0 rings (SSSR count). The maximum atomic E-state index is 11.3. The Morgan fingerprint density at radius 1 is 0.909 bits per heavy atom. The first-order chi connectivity index (χ1) is 10.6. The highest BCUT2D eigenvalue weighted by Crippen LogP contribution is 2.15. The van der Waals surface area contributed by atoms with Crippen molar-refractivity contribution < 1.29 is 19.1 Å². The van der Waals surface area contributed by atoms with Crippen LogP contribution in [0.3, 0.4) is 0 Å². The molecule has 0 aromatic carbocycles. The molecule has 0 aromatic heterocycles. The van der Waals surface area contributed by atoms with Crippen LogP contribution in [0.1, 0.15) is 64.7 Å². The molecule has 0 aliphatic heterocycles. The minimum atomic E-state index is -0.381. The summed E-state index contributed by atoms with van der Waals surface area (Å²) >= 11 is 0. The first-order valence-electron chi connectivity index (χ1n) is 8.26. The van der Waals surface area contributed by atoms with E-state index >= 15 is 0 Å². The van der Waals surface area contributed by atoms with E-state index < -0.39 is 0 Å². The van der Waals surface area contributed by atoms with Gasteiger partial charge in [0, 0.05) is 12.2 Å². The van der Waals surface area contributed by atoms with Crippen molar-refractivity contribution in [1.29, 1.82) is 0 Å².